The Labute approximate surface area is 134 Å². The normalized spacial score (nSPS) is 17.2. The number of piperidine rings is 1. The SMILES string of the molecule is CCCCc1ccc(C(=O)OCC[N+]2(C)CCCCC2)cc1. The first kappa shape index (κ1) is 17.0. The number of carbonyl (C=O) groups is 1. The number of quaternary nitrogens is 1. The maximum atomic E-state index is 12.1. The van der Waals surface area contributed by atoms with E-state index in [4.69, 9.17) is 4.74 Å². The number of rotatable bonds is 7. The second-order valence-corrected chi connectivity index (χ2v) is 6.79. The number of unbranched alkanes of at least 4 members (excludes halogenated alkanes) is 1. The summed E-state index contributed by atoms with van der Waals surface area (Å²) in [6, 6.07) is 7.88. The lowest BCUT2D eigenvalue weighted by Crippen LogP contribution is -2.49. The third-order valence-corrected chi connectivity index (χ3v) is 4.77. The number of esters is 1. The van der Waals surface area contributed by atoms with Gasteiger partial charge in [0.1, 0.15) is 13.2 Å². The van der Waals surface area contributed by atoms with Gasteiger partial charge in [-0.15, -0.1) is 0 Å². The van der Waals surface area contributed by atoms with Crippen LogP contribution in [0, 0.1) is 0 Å². The highest BCUT2D eigenvalue weighted by molar-refractivity contribution is 5.89. The number of hydrogen-bond acceptors (Lipinski definition) is 2. The third kappa shape index (κ3) is 5.13. The van der Waals surface area contributed by atoms with Crippen LogP contribution < -0.4 is 0 Å². The number of hydrogen-bond donors (Lipinski definition) is 0. The van der Waals surface area contributed by atoms with Crippen molar-refractivity contribution in [2.24, 2.45) is 0 Å². The second kappa shape index (κ2) is 8.33. The molecule has 0 spiro atoms. The lowest BCUT2D eigenvalue weighted by molar-refractivity contribution is -0.914. The van der Waals surface area contributed by atoms with Gasteiger partial charge >= 0.3 is 5.97 Å². The van der Waals surface area contributed by atoms with Crippen LogP contribution in [-0.2, 0) is 11.2 Å². The van der Waals surface area contributed by atoms with Gasteiger partial charge in [0.15, 0.2) is 0 Å². The zero-order valence-electron chi connectivity index (χ0n) is 14.1. The monoisotopic (exact) mass is 304 g/mol. The number of ether oxygens (including phenoxy) is 1. The molecule has 1 heterocycles. The maximum absolute atomic E-state index is 12.1. The molecule has 2 rings (SSSR count). The molecule has 3 nitrogen and oxygen atoms in total. The Morgan fingerprint density at radius 2 is 1.82 bits per heavy atom. The number of nitrogens with zero attached hydrogens (tertiary/aromatic N) is 1. The number of carbonyl (C=O) groups excluding carboxylic acids is 1. The van der Waals surface area contributed by atoms with E-state index in [-0.39, 0.29) is 5.97 Å². The average Bonchev–Trinajstić information content (AvgIpc) is 2.54. The molecule has 0 N–H and O–H groups in total. The first-order chi connectivity index (χ1) is 10.6. The summed E-state index contributed by atoms with van der Waals surface area (Å²) in [5.41, 5.74) is 1.96. The molecule has 22 heavy (non-hydrogen) atoms. The van der Waals surface area contributed by atoms with Crippen molar-refractivity contribution in [3.8, 4) is 0 Å². The van der Waals surface area contributed by atoms with Crippen molar-refractivity contribution in [2.45, 2.75) is 45.4 Å². The van der Waals surface area contributed by atoms with Crippen molar-refractivity contribution in [3.05, 3.63) is 35.4 Å². The molecule has 0 saturated carbocycles. The topological polar surface area (TPSA) is 26.3 Å². The third-order valence-electron chi connectivity index (χ3n) is 4.77. The van der Waals surface area contributed by atoms with E-state index in [1.54, 1.807) is 0 Å². The van der Waals surface area contributed by atoms with E-state index in [0.717, 1.165) is 17.4 Å². The fourth-order valence-corrected chi connectivity index (χ4v) is 3.13. The summed E-state index contributed by atoms with van der Waals surface area (Å²) in [4.78, 5) is 12.1. The predicted octanol–water partition coefficient (Wildman–Crippen LogP) is 3.82. The molecule has 1 aliphatic rings. The van der Waals surface area contributed by atoms with Crippen molar-refractivity contribution in [1.82, 2.24) is 0 Å². The molecule has 1 fully saturated rings. The second-order valence-electron chi connectivity index (χ2n) is 6.79. The van der Waals surface area contributed by atoms with E-state index in [1.807, 2.05) is 24.3 Å². The Bertz CT molecular complexity index is 461. The van der Waals surface area contributed by atoms with Gasteiger partial charge in [0.25, 0.3) is 0 Å². The molecule has 0 atom stereocenters. The van der Waals surface area contributed by atoms with Crippen molar-refractivity contribution < 1.29 is 14.0 Å². The largest absolute Gasteiger partial charge is 0.456 e. The summed E-state index contributed by atoms with van der Waals surface area (Å²) in [6.07, 6.45) is 7.41. The molecule has 3 heteroatoms. The fraction of sp³-hybridized carbons (Fsp3) is 0.632. The molecule has 0 amide bonds. The molecular formula is C19H30NO2+. The van der Waals surface area contributed by atoms with Crippen LogP contribution in [0.15, 0.2) is 24.3 Å². The van der Waals surface area contributed by atoms with Gasteiger partial charge < -0.3 is 9.22 Å². The Morgan fingerprint density at radius 1 is 1.14 bits per heavy atom. The van der Waals surface area contributed by atoms with E-state index < -0.39 is 0 Å². The van der Waals surface area contributed by atoms with Gasteiger partial charge in [0, 0.05) is 0 Å². The van der Waals surface area contributed by atoms with Crippen LogP contribution in [0.25, 0.3) is 0 Å². The van der Waals surface area contributed by atoms with E-state index in [2.05, 4.69) is 14.0 Å². The standard InChI is InChI=1S/C19H30NO2/c1-3-4-8-17-9-11-18(12-10-17)19(21)22-16-15-20(2)13-6-5-7-14-20/h9-12H,3-8,13-16H2,1-2H3/q+1. The van der Waals surface area contributed by atoms with Crippen LogP contribution in [-0.4, -0.2) is 43.7 Å². The first-order valence-electron chi connectivity index (χ1n) is 8.72. The van der Waals surface area contributed by atoms with Gasteiger partial charge in [-0.05, 0) is 49.8 Å². The highest BCUT2D eigenvalue weighted by Gasteiger charge is 2.24. The Kier molecular flexibility index (Phi) is 6.44. The summed E-state index contributed by atoms with van der Waals surface area (Å²) in [6.45, 7) is 6.07. The minimum Gasteiger partial charge on any atom is -0.456 e. The first-order valence-corrected chi connectivity index (χ1v) is 8.72. The summed E-state index contributed by atoms with van der Waals surface area (Å²) in [5, 5.41) is 0. The molecule has 1 aromatic carbocycles. The predicted molar refractivity (Wildman–Crippen MR) is 90.0 cm³/mol. The van der Waals surface area contributed by atoms with Crippen LogP contribution in [0.4, 0.5) is 0 Å². The molecule has 0 bridgehead atoms. The Morgan fingerprint density at radius 3 is 2.45 bits per heavy atom. The van der Waals surface area contributed by atoms with Crippen LogP contribution in [0.5, 0.6) is 0 Å². The van der Waals surface area contributed by atoms with Crippen LogP contribution in [0.2, 0.25) is 0 Å². The van der Waals surface area contributed by atoms with E-state index >= 15 is 0 Å². The smallest absolute Gasteiger partial charge is 0.338 e. The van der Waals surface area contributed by atoms with Gasteiger partial charge in [-0.1, -0.05) is 25.5 Å². The summed E-state index contributed by atoms with van der Waals surface area (Å²) < 4.78 is 6.51. The number of benzene rings is 1. The summed E-state index contributed by atoms with van der Waals surface area (Å²) >= 11 is 0. The Balaban J connectivity index is 1.77. The maximum Gasteiger partial charge on any atom is 0.338 e. The van der Waals surface area contributed by atoms with E-state index in [9.17, 15) is 4.79 Å². The molecule has 1 aromatic rings. The van der Waals surface area contributed by atoms with Crippen molar-refractivity contribution in [3.63, 3.8) is 0 Å². The van der Waals surface area contributed by atoms with Gasteiger partial charge in [0.05, 0.1) is 25.7 Å². The molecule has 0 aromatic heterocycles. The number of aryl methyl sites for hydroxylation is 1. The van der Waals surface area contributed by atoms with Gasteiger partial charge in [-0.25, -0.2) is 4.79 Å². The molecule has 0 radical (unpaired) electrons. The van der Waals surface area contributed by atoms with Gasteiger partial charge in [0.2, 0.25) is 0 Å². The van der Waals surface area contributed by atoms with E-state index in [0.29, 0.717) is 12.2 Å². The highest BCUT2D eigenvalue weighted by atomic mass is 16.5. The van der Waals surface area contributed by atoms with Crippen LogP contribution in [0.3, 0.4) is 0 Å². The van der Waals surface area contributed by atoms with Crippen molar-refractivity contribution in [2.75, 3.05) is 33.3 Å². The highest BCUT2D eigenvalue weighted by Crippen LogP contribution is 2.16. The number of likely N-dealkylation sites (tertiary alicyclic amines) is 1. The van der Waals surface area contributed by atoms with Gasteiger partial charge in [-0.2, -0.15) is 0 Å². The average molecular weight is 304 g/mol. The molecule has 1 aliphatic heterocycles. The van der Waals surface area contributed by atoms with Gasteiger partial charge in [-0.3, -0.25) is 0 Å². The van der Waals surface area contributed by atoms with Crippen molar-refractivity contribution >= 4 is 5.97 Å². The van der Waals surface area contributed by atoms with Crippen LogP contribution >= 0.6 is 0 Å². The van der Waals surface area contributed by atoms with Crippen LogP contribution in [0.1, 0.15) is 54.9 Å². The Hall–Kier alpha value is -1.35. The minimum atomic E-state index is -0.189. The van der Waals surface area contributed by atoms with E-state index in [1.165, 1.54) is 50.8 Å². The molecule has 0 aliphatic carbocycles. The quantitative estimate of drug-likeness (QED) is 0.565. The lowest BCUT2D eigenvalue weighted by Gasteiger charge is -2.37. The lowest BCUT2D eigenvalue weighted by atomic mass is 10.1. The minimum absolute atomic E-state index is 0.189. The zero-order chi connectivity index (χ0) is 15.8. The molecule has 0 unspecified atom stereocenters. The summed E-state index contributed by atoms with van der Waals surface area (Å²) in [7, 11) is 2.27. The molecule has 1 saturated heterocycles. The molecular weight excluding hydrogens is 274 g/mol. The fourth-order valence-electron chi connectivity index (χ4n) is 3.13. The molecule has 122 valence electrons. The van der Waals surface area contributed by atoms with Crippen molar-refractivity contribution in [1.29, 1.82) is 0 Å². The zero-order valence-corrected chi connectivity index (χ0v) is 14.1. The summed E-state index contributed by atoms with van der Waals surface area (Å²) in [5.74, 6) is -0.189. The number of likely N-dealkylation sites (N-methyl/N-ethyl adjacent to an activating group) is 1.